The molecule has 2 aliphatic rings. The molecule has 2 aliphatic heterocycles. The average molecular weight is 461 g/mol. The summed E-state index contributed by atoms with van der Waals surface area (Å²) in [7, 11) is -4.04. The monoisotopic (exact) mass is 461 g/mol. The van der Waals surface area contributed by atoms with Gasteiger partial charge in [-0.15, -0.1) is 0 Å². The minimum absolute atomic E-state index is 0.0740. The number of carbonyl (C=O) groups excluding carboxylic acids is 3. The first-order valence-corrected chi connectivity index (χ1v) is 11.7. The topological polar surface area (TPSA) is 104 Å². The van der Waals surface area contributed by atoms with Crippen LogP contribution in [0.15, 0.2) is 89.8 Å². The zero-order valence-electron chi connectivity index (χ0n) is 17.3. The van der Waals surface area contributed by atoms with Crippen molar-refractivity contribution < 1.29 is 22.8 Å². The van der Waals surface area contributed by atoms with Gasteiger partial charge in [-0.1, -0.05) is 72.8 Å². The number of carbonyl (C=O) groups is 3. The van der Waals surface area contributed by atoms with E-state index in [1.165, 1.54) is 12.1 Å². The number of amides is 4. The molecule has 0 aliphatic carbocycles. The standard InChI is InChI=1S/C24H19N3O5S/c28-21-19-13-7-8-14-20(19)33(31,32)27(21)16-15-26-22(29)24(25-23(26)30,17-9-3-1-4-10-17)18-11-5-2-6-12-18/h1-14H,15-16H2,(H,25,30). The molecule has 2 heterocycles. The van der Waals surface area contributed by atoms with Gasteiger partial charge in [-0.3, -0.25) is 14.5 Å². The molecule has 0 bridgehead atoms. The van der Waals surface area contributed by atoms with Crippen molar-refractivity contribution in [3.63, 3.8) is 0 Å². The van der Waals surface area contributed by atoms with Gasteiger partial charge < -0.3 is 5.32 Å². The Balaban J connectivity index is 1.47. The lowest BCUT2D eigenvalue weighted by Gasteiger charge is -2.28. The van der Waals surface area contributed by atoms with Crippen molar-refractivity contribution in [2.45, 2.75) is 10.4 Å². The Morgan fingerprint density at radius 1 is 0.727 bits per heavy atom. The Bertz CT molecular complexity index is 1330. The number of sulfonamides is 1. The normalized spacial score (nSPS) is 18.4. The van der Waals surface area contributed by atoms with Crippen LogP contribution in [-0.2, 0) is 20.4 Å². The molecule has 5 rings (SSSR count). The Labute approximate surface area is 190 Å². The van der Waals surface area contributed by atoms with Gasteiger partial charge in [0.2, 0.25) is 0 Å². The highest BCUT2D eigenvalue weighted by molar-refractivity contribution is 7.90. The van der Waals surface area contributed by atoms with E-state index in [1.807, 2.05) is 12.1 Å². The van der Waals surface area contributed by atoms with Gasteiger partial charge in [0.05, 0.1) is 12.1 Å². The van der Waals surface area contributed by atoms with Crippen molar-refractivity contribution >= 4 is 27.9 Å². The summed E-state index contributed by atoms with van der Waals surface area (Å²) in [5.41, 5.74) is -0.211. The second kappa shape index (κ2) is 7.56. The second-order valence-corrected chi connectivity index (χ2v) is 9.58. The molecule has 1 saturated heterocycles. The highest BCUT2D eigenvalue weighted by Gasteiger charge is 2.54. The van der Waals surface area contributed by atoms with Crippen LogP contribution in [0.2, 0.25) is 0 Å². The Kier molecular flexibility index (Phi) is 4.79. The summed E-state index contributed by atoms with van der Waals surface area (Å²) < 4.78 is 26.4. The third kappa shape index (κ3) is 3.04. The smallest absolute Gasteiger partial charge is 0.315 e. The lowest BCUT2D eigenvalue weighted by atomic mass is 9.82. The van der Waals surface area contributed by atoms with E-state index >= 15 is 0 Å². The van der Waals surface area contributed by atoms with E-state index in [1.54, 1.807) is 60.7 Å². The zero-order chi connectivity index (χ0) is 23.2. The number of benzene rings is 3. The molecule has 0 unspecified atom stereocenters. The molecule has 0 radical (unpaired) electrons. The highest BCUT2D eigenvalue weighted by atomic mass is 32.2. The maximum absolute atomic E-state index is 13.7. The zero-order valence-corrected chi connectivity index (χ0v) is 18.2. The summed E-state index contributed by atoms with van der Waals surface area (Å²) in [5.74, 6) is -1.21. The molecule has 9 heteroatoms. The van der Waals surface area contributed by atoms with Crippen molar-refractivity contribution in [3.8, 4) is 0 Å². The second-order valence-electron chi connectivity index (χ2n) is 7.75. The van der Waals surface area contributed by atoms with Crippen LogP contribution in [0.5, 0.6) is 0 Å². The number of imide groups is 1. The van der Waals surface area contributed by atoms with Crippen LogP contribution in [0.25, 0.3) is 0 Å². The van der Waals surface area contributed by atoms with Crippen LogP contribution in [0, 0.1) is 0 Å². The molecule has 166 valence electrons. The number of nitrogens with one attached hydrogen (secondary N) is 1. The van der Waals surface area contributed by atoms with E-state index in [9.17, 15) is 22.8 Å². The molecule has 3 aromatic rings. The van der Waals surface area contributed by atoms with Crippen LogP contribution >= 0.6 is 0 Å². The minimum atomic E-state index is -4.04. The van der Waals surface area contributed by atoms with Crippen LogP contribution in [-0.4, -0.2) is 48.6 Å². The van der Waals surface area contributed by atoms with E-state index in [-0.39, 0.29) is 23.5 Å². The summed E-state index contributed by atoms with van der Waals surface area (Å²) in [5, 5.41) is 2.81. The van der Waals surface area contributed by atoms with Gasteiger partial charge in [0.1, 0.15) is 4.90 Å². The minimum Gasteiger partial charge on any atom is -0.315 e. The fourth-order valence-electron chi connectivity index (χ4n) is 4.36. The van der Waals surface area contributed by atoms with Gasteiger partial charge in [0, 0.05) is 6.54 Å². The number of urea groups is 1. The fourth-order valence-corrected chi connectivity index (χ4v) is 5.92. The SMILES string of the molecule is O=C1NC(c2ccccc2)(c2ccccc2)C(=O)N1CCN1C(=O)c2ccccc2S1(=O)=O. The Morgan fingerprint density at radius 2 is 1.27 bits per heavy atom. The number of fused-ring (bicyclic) bond motifs is 1. The summed E-state index contributed by atoms with van der Waals surface area (Å²) in [6.07, 6.45) is 0. The van der Waals surface area contributed by atoms with Crippen molar-refractivity contribution in [1.82, 2.24) is 14.5 Å². The lowest BCUT2D eigenvalue weighted by molar-refractivity contribution is -0.130. The molecule has 1 N–H and O–H groups in total. The number of nitrogens with zero attached hydrogens (tertiary/aromatic N) is 2. The van der Waals surface area contributed by atoms with Crippen LogP contribution in [0.4, 0.5) is 4.79 Å². The van der Waals surface area contributed by atoms with E-state index in [0.29, 0.717) is 15.4 Å². The summed E-state index contributed by atoms with van der Waals surface area (Å²) in [4.78, 5) is 40.2. The molecule has 3 aromatic carbocycles. The quantitative estimate of drug-likeness (QED) is 0.588. The maximum atomic E-state index is 13.7. The van der Waals surface area contributed by atoms with Crippen molar-refractivity contribution in [1.29, 1.82) is 0 Å². The predicted molar refractivity (Wildman–Crippen MR) is 119 cm³/mol. The van der Waals surface area contributed by atoms with Crippen molar-refractivity contribution in [3.05, 3.63) is 102 Å². The first-order valence-electron chi connectivity index (χ1n) is 10.3. The van der Waals surface area contributed by atoms with Crippen LogP contribution < -0.4 is 5.32 Å². The first-order chi connectivity index (χ1) is 15.9. The summed E-state index contributed by atoms with van der Waals surface area (Å²) in [6.45, 7) is -0.611. The van der Waals surface area contributed by atoms with Crippen molar-refractivity contribution in [2.24, 2.45) is 0 Å². The van der Waals surface area contributed by atoms with Gasteiger partial charge in [0.25, 0.3) is 21.8 Å². The van der Waals surface area contributed by atoms with Gasteiger partial charge in [0.15, 0.2) is 5.54 Å². The number of hydrogen-bond acceptors (Lipinski definition) is 5. The van der Waals surface area contributed by atoms with E-state index in [4.69, 9.17) is 0 Å². The Morgan fingerprint density at radius 3 is 1.85 bits per heavy atom. The number of hydrogen-bond donors (Lipinski definition) is 1. The van der Waals surface area contributed by atoms with Crippen LogP contribution in [0.1, 0.15) is 21.5 Å². The van der Waals surface area contributed by atoms with Gasteiger partial charge >= 0.3 is 6.03 Å². The first kappa shape index (κ1) is 20.9. The summed E-state index contributed by atoms with van der Waals surface area (Å²) >= 11 is 0. The lowest BCUT2D eigenvalue weighted by Crippen LogP contribution is -2.46. The molecule has 33 heavy (non-hydrogen) atoms. The molecule has 0 aromatic heterocycles. The third-order valence-electron chi connectivity index (χ3n) is 5.96. The maximum Gasteiger partial charge on any atom is 0.325 e. The Hall–Kier alpha value is -3.98. The van der Waals surface area contributed by atoms with E-state index in [0.717, 1.165) is 4.90 Å². The van der Waals surface area contributed by atoms with Crippen molar-refractivity contribution in [2.75, 3.05) is 13.1 Å². The van der Waals surface area contributed by atoms with E-state index in [2.05, 4.69) is 5.32 Å². The average Bonchev–Trinajstić information content (AvgIpc) is 3.21. The molecule has 4 amide bonds. The van der Waals surface area contributed by atoms with Gasteiger partial charge in [-0.25, -0.2) is 17.5 Å². The van der Waals surface area contributed by atoms with Gasteiger partial charge in [-0.05, 0) is 23.3 Å². The molecular weight excluding hydrogens is 442 g/mol. The molecule has 0 atom stereocenters. The predicted octanol–water partition coefficient (Wildman–Crippen LogP) is 2.33. The largest absolute Gasteiger partial charge is 0.325 e. The van der Waals surface area contributed by atoms with E-state index < -0.39 is 33.4 Å². The molecule has 8 nitrogen and oxygen atoms in total. The fraction of sp³-hybridized carbons (Fsp3) is 0.125. The number of rotatable bonds is 5. The summed E-state index contributed by atoms with van der Waals surface area (Å²) in [6, 6.07) is 23.0. The third-order valence-corrected chi connectivity index (χ3v) is 7.80. The molecular formula is C24H19N3O5S. The van der Waals surface area contributed by atoms with Crippen LogP contribution in [0.3, 0.4) is 0 Å². The highest BCUT2D eigenvalue weighted by Crippen LogP contribution is 2.36. The molecule has 0 spiro atoms. The van der Waals surface area contributed by atoms with Gasteiger partial charge in [-0.2, -0.15) is 0 Å². The molecule has 1 fully saturated rings. The molecule has 0 saturated carbocycles.